The van der Waals surface area contributed by atoms with Crippen LogP contribution in [0.5, 0.6) is 0 Å². The third kappa shape index (κ3) is 3.48. The van der Waals surface area contributed by atoms with Crippen LogP contribution in [0.4, 0.5) is 0 Å². The molecule has 0 spiro atoms. The predicted octanol–water partition coefficient (Wildman–Crippen LogP) is 1.95. The minimum absolute atomic E-state index is 0.261. The molecule has 0 amide bonds. The van der Waals surface area contributed by atoms with Crippen molar-refractivity contribution in [2.24, 2.45) is 0 Å². The second kappa shape index (κ2) is 7.05. The number of esters is 1. The van der Waals surface area contributed by atoms with Gasteiger partial charge in [0.05, 0.1) is 6.61 Å². The molecule has 2 heterocycles. The van der Waals surface area contributed by atoms with E-state index in [1.807, 2.05) is 6.92 Å². The lowest BCUT2D eigenvalue weighted by atomic mass is 10.4. The SMILES string of the molecule is C=C.CCOC(=O)c1cc(C)n(-c2ncccn2)n1. The first-order chi connectivity index (χ1) is 9.22. The summed E-state index contributed by atoms with van der Waals surface area (Å²) in [6.07, 6.45) is 3.24. The van der Waals surface area contributed by atoms with Crippen LogP contribution in [0.15, 0.2) is 37.7 Å². The van der Waals surface area contributed by atoms with Crippen LogP contribution >= 0.6 is 0 Å². The smallest absolute Gasteiger partial charge is 0.358 e. The molecular formula is C13H16N4O2. The summed E-state index contributed by atoms with van der Waals surface area (Å²) in [6, 6.07) is 3.36. The van der Waals surface area contributed by atoms with Crippen LogP contribution in [0.2, 0.25) is 0 Å². The van der Waals surface area contributed by atoms with E-state index in [0.29, 0.717) is 12.6 Å². The van der Waals surface area contributed by atoms with Gasteiger partial charge in [0.25, 0.3) is 5.95 Å². The molecule has 0 aliphatic carbocycles. The van der Waals surface area contributed by atoms with Gasteiger partial charge in [-0.2, -0.15) is 5.10 Å². The lowest BCUT2D eigenvalue weighted by molar-refractivity contribution is 0.0519. The quantitative estimate of drug-likeness (QED) is 0.623. The molecule has 0 saturated carbocycles. The maximum absolute atomic E-state index is 11.5. The Morgan fingerprint density at radius 2 is 2.00 bits per heavy atom. The topological polar surface area (TPSA) is 69.9 Å². The fourth-order valence-electron chi connectivity index (χ4n) is 1.38. The van der Waals surface area contributed by atoms with Crippen LogP contribution in [-0.2, 0) is 4.74 Å². The van der Waals surface area contributed by atoms with Gasteiger partial charge in [-0.1, -0.05) is 0 Å². The van der Waals surface area contributed by atoms with Gasteiger partial charge in [0.2, 0.25) is 0 Å². The third-order valence-electron chi connectivity index (χ3n) is 2.11. The van der Waals surface area contributed by atoms with Gasteiger partial charge in [0, 0.05) is 18.1 Å². The molecule has 0 unspecified atom stereocenters. The molecule has 0 bridgehead atoms. The normalized spacial score (nSPS) is 9.37. The standard InChI is InChI=1S/C11H12N4O2.C2H4/c1-3-17-10(16)9-7-8(2)15(14-9)11-12-5-4-6-13-11;1-2/h4-7H,3H2,1-2H3;1-2H2. The number of nitrogens with zero attached hydrogens (tertiary/aromatic N) is 4. The van der Waals surface area contributed by atoms with Gasteiger partial charge >= 0.3 is 5.97 Å². The largest absolute Gasteiger partial charge is 0.461 e. The van der Waals surface area contributed by atoms with Crippen LogP contribution in [0.3, 0.4) is 0 Å². The van der Waals surface area contributed by atoms with Crippen LogP contribution in [-0.4, -0.2) is 32.3 Å². The molecule has 0 radical (unpaired) electrons. The van der Waals surface area contributed by atoms with Crippen molar-refractivity contribution in [3.05, 3.63) is 49.1 Å². The Morgan fingerprint density at radius 3 is 2.58 bits per heavy atom. The summed E-state index contributed by atoms with van der Waals surface area (Å²) in [5, 5.41) is 4.12. The molecule has 100 valence electrons. The first-order valence-corrected chi connectivity index (χ1v) is 5.73. The van der Waals surface area contributed by atoms with Crippen molar-refractivity contribution in [1.82, 2.24) is 19.7 Å². The lowest BCUT2D eigenvalue weighted by Gasteiger charge is -2.00. The molecule has 0 saturated heterocycles. The molecule has 0 aromatic carbocycles. The second-order valence-corrected chi connectivity index (χ2v) is 3.35. The van der Waals surface area contributed by atoms with Crippen molar-refractivity contribution in [2.45, 2.75) is 13.8 Å². The molecule has 6 nitrogen and oxygen atoms in total. The molecule has 0 atom stereocenters. The summed E-state index contributed by atoms with van der Waals surface area (Å²) in [4.78, 5) is 19.6. The first-order valence-electron chi connectivity index (χ1n) is 5.73. The number of rotatable bonds is 3. The van der Waals surface area contributed by atoms with E-state index in [2.05, 4.69) is 28.2 Å². The summed E-state index contributed by atoms with van der Waals surface area (Å²) in [5.74, 6) is -0.00849. The highest BCUT2D eigenvalue weighted by Crippen LogP contribution is 2.08. The van der Waals surface area contributed by atoms with E-state index in [4.69, 9.17) is 4.74 Å². The van der Waals surface area contributed by atoms with Gasteiger partial charge in [0.15, 0.2) is 5.69 Å². The van der Waals surface area contributed by atoms with E-state index in [1.54, 1.807) is 31.5 Å². The van der Waals surface area contributed by atoms with Crippen LogP contribution in [0.1, 0.15) is 23.1 Å². The number of carbonyl (C=O) groups excluding carboxylic acids is 1. The summed E-state index contributed by atoms with van der Waals surface area (Å²) in [5.41, 5.74) is 1.04. The number of carbonyl (C=O) groups is 1. The summed E-state index contributed by atoms with van der Waals surface area (Å²) >= 11 is 0. The second-order valence-electron chi connectivity index (χ2n) is 3.35. The first kappa shape index (κ1) is 14.6. The average molecular weight is 260 g/mol. The maximum Gasteiger partial charge on any atom is 0.358 e. The van der Waals surface area contributed by atoms with E-state index < -0.39 is 5.97 Å². The van der Waals surface area contributed by atoms with Gasteiger partial charge in [-0.05, 0) is 26.0 Å². The predicted molar refractivity (Wildman–Crippen MR) is 71.1 cm³/mol. The van der Waals surface area contributed by atoms with E-state index in [-0.39, 0.29) is 5.69 Å². The highest BCUT2D eigenvalue weighted by molar-refractivity contribution is 5.87. The minimum Gasteiger partial charge on any atom is -0.461 e. The van der Waals surface area contributed by atoms with Crippen molar-refractivity contribution < 1.29 is 9.53 Å². The van der Waals surface area contributed by atoms with Crippen molar-refractivity contribution in [3.8, 4) is 5.95 Å². The Labute approximate surface area is 111 Å². The van der Waals surface area contributed by atoms with Crippen LogP contribution < -0.4 is 0 Å². The van der Waals surface area contributed by atoms with Crippen molar-refractivity contribution >= 4 is 5.97 Å². The molecule has 2 rings (SSSR count). The van der Waals surface area contributed by atoms with Crippen molar-refractivity contribution in [3.63, 3.8) is 0 Å². The van der Waals surface area contributed by atoms with Gasteiger partial charge in [-0.15, -0.1) is 13.2 Å². The molecule has 19 heavy (non-hydrogen) atoms. The molecule has 2 aromatic rings. The van der Waals surface area contributed by atoms with E-state index in [9.17, 15) is 4.79 Å². The molecule has 0 N–H and O–H groups in total. The Hall–Kier alpha value is -2.50. The van der Waals surface area contributed by atoms with Gasteiger partial charge in [-0.25, -0.2) is 19.4 Å². The van der Waals surface area contributed by atoms with Gasteiger partial charge in [0.1, 0.15) is 0 Å². The van der Waals surface area contributed by atoms with Crippen molar-refractivity contribution in [1.29, 1.82) is 0 Å². The fourth-order valence-corrected chi connectivity index (χ4v) is 1.38. The zero-order valence-electron chi connectivity index (χ0n) is 11.0. The maximum atomic E-state index is 11.5. The molecule has 2 aromatic heterocycles. The van der Waals surface area contributed by atoms with Gasteiger partial charge in [-0.3, -0.25) is 0 Å². The van der Waals surface area contributed by atoms with Crippen LogP contribution in [0, 0.1) is 6.92 Å². The number of hydrogen-bond donors (Lipinski definition) is 0. The van der Waals surface area contributed by atoms with Gasteiger partial charge < -0.3 is 4.74 Å². The Bertz CT molecular complexity index is 537. The van der Waals surface area contributed by atoms with E-state index in [1.165, 1.54) is 4.68 Å². The zero-order valence-corrected chi connectivity index (χ0v) is 11.0. The Balaban J connectivity index is 0.000000861. The summed E-state index contributed by atoms with van der Waals surface area (Å²) in [6.45, 7) is 9.90. The highest BCUT2D eigenvalue weighted by atomic mass is 16.5. The zero-order chi connectivity index (χ0) is 14.3. The van der Waals surface area contributed by atoms with E-state index in [0.717, 1.165) is 5.69 Å². The lowest BCUT2D eigenvalue weighted by Crippen LogP contribution is -2.08. The molecule has 0 aliphatic rings. The van der Waals surface area contributed by atoms with E-state index >= 15 is 0 Å². The Kier molecular flexibility index (Phi) is 5.40. The minimum atomic E-state index is -0.440. The summed E-state index contributed by atoms with van der Waals surface area (Å²) in [7, 11) is 0. The molecule has 6 heteroatoms. The monoisotopic (exact) mass is 260 g/mol. The average Bonchev–Trinajstić information content (AvgIpc) is 2.84. The third-order valence-corrected chi connectivity index (χ3v) is 2.11. The highest BCUT2D eigenvalue weighted by Gasteiger charge is 2.14. The summed E-state index contributed by atoms with van der Waals surface area (Å²) < 4.78 is 6.38. The Morgan fingerprint density at radius 1 is 1.37 bits per heavy atom. The molecule has 0 fully saturated rings. The van der Waals surface area contributed by atoms with Crippen LogP contribution in [0.25, 0.3) is 5.95 Å². The number of aryl methyl sites for hydroxylation is 1. The van der Waals surface area contributed by atoms with Crippen molar-refractivity contribution in [2.75, 3.05) is 6.61 Å². The molecular weight excluding hydrogens is 244 g/mol. The number of aromatic nitrogens is 4. The molecule has 0 aliphatic heterocycles. The fraction of sp³-hybridized carbons (Fsp3) is 0.231. The number of hydrogen-bond acceptors (Lipinski definition) is 5. The number of ether oxygens (including phenoxy) is 1.